The average Bonchev–Trinajstić information content (AvgIpc) is 3.12. The van der Waals surface area contributed by atoms with E-state index in [4.69, 9.17) is 0 Å². The number of hydrogen-bond acceptors (Lipinski definition) is 4. The molecule has 2 aromatic heterocycles. The van der Waals surface area contributed by atoms with Crippen LogP contribution >= 0.6 is 0 Å². The van der Waals surface area contributed by atoms with E-state index >= 15 is 0 Å². The predicted octanol–water partition coefficient (Wildman–Crippen LogP) is 2.74. The van der Waals surface area contributed by atoms with Gasteiger partial charge in [-0.1, -0.05) is 13.8 Å². The van der Waals surface area contributed by atoms with Gasteiger partial charge in [0.2, 0.25) is 5.82 Å². The van der Waals surface area contributed by atoms with Crippen LogP contribution in [-0.2, 0) is 6.54 Å². The number of aromatic amines is 1. The quantitative estimate of drug-likeness (QED) is 0.796. The molecule has 0 saturated heterocycles. The van der Waals surface area contributed by atoms with Gasteiger partial charge >= 0.3 is 0 Å². The summed E-state index contributed by atoms with van der Waals surface area (Å²) in [5.41, 5.74) is 2.60. The molecular formula is C15H16N6. The number of fused-ring (bicyclic) bond motifs is 1. The molecule has 1 aromatic carbocycles. The molecule has 0 bridgehead atoms. The highest BCUT2D eigenvalue weighted by Gasteiger charge is 2.11. The summed E-state index contributed by atoms with van der Waals surface area (Å²) in [4.78, 5) is 0. The number of nitrogens with zero attached hydrogens (tertiary/aromatic N) is 5. The number of benzene rings is 1. The molecule has 0 fully saturated rings. The molecule has 1 N–H and O–H groups in total. The lowest BCUT2D eigenvalue weighted by atomic mass is 10.1. The second-order valence-electron chi connectivity index (χ2n) is 5.50. The fourth-order valence-corrected chi connectivity index (χ4v) is 2.39. The maximum Gasteiger partial charge on any atom is 0.204 e. The molecule has 6 nitrogen and oxygen atoms in total. The van der Waals surface area contributed by atoms with Gasteiger partial charge < -0.3 is 4.57 Å². The van der Waals surface area contributed by atoms with Crippen LogP contribution in [0.5, 0.6) is 0 Å². The van der Waals surface area contributed by atoms with E-state index in [1.807, 2.05) is 24.4 Å². The first-order valence-electron chi connectivity index (χ1n) is 6.96. The zero-order valence-corrected chi connectivity index (χ0v) is 12.0. The van der Waals surface area contributed by atoms with Crippen molar-refractivity contribution in [2.24, 2.45) is 5.92 Å². The molecule has 0 aliphatic heterocycles. The van der Waals surface area contributed by atoms with Crippen molar-refractivity contribution in [3.05, 3.63) is 30.0 Å². The Morgan fingerprint density at radius 2 is 2.24 bits per heavy atom. The summed E-state index contributed by atoms with van der Waals surface area (Å²) in [5, 5.41) is 24.2. The highest BCUT2D eigenvalue weighted by Crippen LogP contribution is 2.26. The number of hydrogen-bond donors (Lipinski definition) is 1. The monoisotopic (exact) mass is 280 g/mol. The zero-order chi connectivity index (χ0) is 14.8. The molecule has 3 rings (SSSR count). The fraction of sp³-hybridized carbons (Fsp3) is 0.333. The van der Waals surface area contributed by atoms with Crippen LogP contribution in [0, 0.1) is 17.2 Å². The molecule has 0 saturated carbocycles. The molecule has 0 unspecified atom stereocenters. The number of nitriles is 1. The minimum atomic E-state index is 0.538. The highest BCUT2D eigenvalue weighted by atomic mass is 15.5. The molecule has 106 valence electrons. The van der Waals surface area contributed by atoms with E-state index in [0.717, 1.165) is 29.4 Å². The zero-order valence-electron chi connectivity index (χ0n) is 12.0. The average molecular weight is 280 g/mol. The Bertz CT molecular complexity index is 792. The standard InChI is InChI=1S/C15H16N6/c1-10(2)5-6-21-9-12(8-16)13-7-11(3-4-14(13)21)15-17-19-20-18-15/h3-4,7,9-10H,5-6H2,1-2H3,(H,17,18,19,20). The molecule has 0 amide bonds. The lowest BCUT2D eigenvalue weighted by Crippen LogP contribution is -1.99. The van der Waals surface area contributed by atoms with E-state index in [1.54, 1.807) is 0 Å². The minimum Gasteiger partial charge on any atom is -0.346 e. The van der Waals surface area contributed by atoms with Crippen molar-refractivity contribution in [1.82, 2.24) is 25.2 Å². The Labute approximate surface area is 122 Å². The summed E-state index contributed by atoms with van der Waals surface area (Å²) in [6, 6.07) is 8.19. The van der Waals surface area contributed by atoms with Gasteiger partial charge in [0.25, 0.3) is 0 Å². The Hall–Kier alpha value is -2.68. The van der Waals surface area contributed by atoms with Crippen LogP contribution in [0.4, 0.5) is 0 Å². The van der Waals surface area contributed by atoms with Crippen LogP contribution in [0.1, 0.15) is 25.8 Å². The largest absolute Gasteiger partial charge is 0.346 e. The lowest BCUT2D eigenvalue weighted by molar-refractivity contribution is 0.524. The summed E-state index contributed by atoms with van der Waals surface area (Å²) in [5.74, 6) is 1.17. The second-order valence-corrected chi connectivity index (χ2v) is 5.50. The molecule has 21 heavy (non-hydrogen) atoms. The minimum absolute atomic E-state index is 0.538. The SMILES string of the molecule is CC(C)CCn1cc(C#N)c2cc(-c3nn[nH]n3)ccc21. The summed E-state index contributed by atoms with van der Waals surface area (Å²) < 4.78 is 2.15. The third-order valence-corrected chi connectivity index (χ3v) is 3.55. The van der Waals surface area contributed by atoms with Gasteiger partial charge in [-0.15, -0.1) is 10.2 Å². The topological polar surface area (TPSA) is 83.2 Å². The van der Waals surface area contributed by atoms with E-state index in [9.17, 15) is 5.26 Å². The third kappa shape index (κ3) is 2.50. The van der Waals surface area contributed by atoms with Crippen molar-refractivity contribution in [2.45, 2.75) is 26.8 Å². The van der Waals surface area contributed by atoms with Crippen molar-refractivity contribution in [2.75, 3.05) is 0 Å². The summed E-state index contributed by atoms with van der Waals surface area (Å²) >= 11 is 0. The van der Waals surface area contributed by atoms with Crippen LogP contribution < -0.4 is 0 Å². The summed E-state index contributed by atoms with van der Waals surface area (Å²) in [6.07, 6.45) is 3.01. The number of H-pyrrole nitrogens is 1. The van der Waals surface area contributed by atoms with E-state index in [2.05, 4.69) is 45.1 Å². The Morgan fingerprint density at radius 1 is 1.38 bits per heavy atom. The van der Waals surface area contributed by atoms with Crippen molar-refractivity contribution in [3.8, 4) is 17.5 Å². The molecule has 0 aliphatic rings. The first-order chi connectivity index (χ1) is 10.2. The highest BCUT2D eigenvalue weighted by molar-refractivity contribution is 5.89. The van der Waals surface area contributed by atoms with Gasteiger partial charge in [0.15, 0.2) is 0 Å². The number of aromatic nitrogens is 5. The van der Waals surface area contributed by atoms with Gasteiger partial charge in [-0.3, -0.25) is 0 Å². The van der Waals surface area contributed by atoms with Crippen molar-refractivity contribution in [1.29, 1.82) is 5.26 Å². The number of nitrogens with one attached hydrogen (secondary N) is 1. The molecule has 0 aliphatic carbocycles. The number of rotatable bonds is 4. The maximum atomic E-state index is 9.33. The maximum absolute atomic E-state index is 9.33. The molecule has 2 heterocycles. The second kappa shape index (κ2) is 5.37. The van der Waals surface area contributed by atoms with Crippen molar-refractivity contribution >= 4 is 10.9 Å². The van der Waals surface area contributed by atoms with Gasteiger partial charge in [-0.2, -0.15) is 10.5 Å². The van der Waals surface area contributed by atoms with Gasteiger partial charge in [0.1, 0.15) is 6.07 Å². The van der Waals surface area contributed by atoms with Crippen LogP contribution in [-0.4, -0.2) is 25.2 Å². The summed E-state index contributed by atoms with van der Waals surface area (Å²) in [6.45, 7) is 5.31. The Balaban J connectivity index is 2.07. The van der Waals surface area contributed by atoms with Gasteiger partial charge in [-0.25, -0.2) is 0 Å². The Kier molecular flexibility index (Phi) is 3.40. The molecule has 6 heteroatoms. The van der Waals surface area contributed by atoms with Gasteiger partial charge in [0, 0.05) is 29.2 Å². The van der Waals surface area contributed by atoms with E-state index in [0.29, 0.717) is 17.3 Å². The first kappa shape index (κ1) is 13.3. The molecule has 3 aromatic rings. The van der Waals surface area contributed by atoms with Gasteiger partial charge in [0.05, 0.1) is 5.56 Å². The Morgan fingerprint density at radius 3 is 2.90 bits per heavy atom. The van der Waals surface area contributed by atoms with Crippen molar-refractivity contribution in [3.63, 3.8) is 0 Å². The van der Waals surface area contributed by atoms with E-state index in [-0.39, 0.29) is 0 Å². The third-order valence-electron chi connectivity index (χ3n) is 3.55. The molecule has 0 atom stereocenters. The number of tetrazole rings is 1. The first-order valence-corrected chi connectivity index (χ1v) is 6.96. The normalized spacial score (nSPS) is 11.1. The molecular weight excluding hydrogens is 264 g/mol. The van der Waals surface area contributed by atoms with E-state index < -0.39 is 0 Å². The van der Waals surface area contributed by atoms with Crippen LogP contribution in [0.25, 0.3) is 22.3 Å². The number of aryl methyl sites for hydroxylation is 1. The summed E-state index contributed by atoms with van der Waals surface area (Å²) in [7, 11) is 0. The van der Waals surface area contributed by atoms with Crippen LogP contribution in [0.15, 0.2) is 24.4 Å². The smallest absolute Gasteiger partial charge is 0.204 e. The predicted molar refractivity (Wildman–Crippen MR) is 79.3 cm³/mol. The fourth-order valence-electron chi connectivity index (χ4n) is 2.39. The van der Waals surface area contributed by atoms with Crippen LogP contribution in [0.2, 0.25) is 0 Å². The lowest BCUT2D eigenvalue weighted by Gasteiger charge is -2.07. The van der Waals surface area contributed by atoms with E-state index in [1.165, 1.54) is 0 Å². The van der Waals surface area contributed by atoms with Gasteiger partial charge in [-0.05, 0) is 35.8 Å². The molecule has 0 radical (unpaired) electrons. The van der Waals surface area contributed by atoms with Crippen LogP contribution in [0.3, 0.4) is 0 Å². The molecule has 0 spiro atoms. The van der Waals surface area contributed by atoms with Crippen molar-refractivity contribution < 1.29 is 0 Å².